The van der Waals surface area contributed by atoms with Crippen molar-refractivity contribution in [2.75, 3.05) is 6.54 Å². The number of halogens is 3. The molecule has 3 aromatic rings. The number of aromatic nitrogens is 4. The standard InChI is InChI=1S/C15H14F3N5OS/c1-8-11(23-4-5-25-14(23)19-8)7-22-3-2-10-9(6-22)12(24)21-13(20-10)15(16,17)18/h4-5H,2-3,6-7H2,1H3,(H,20,21,24). The van der Waals surface area contributed by atoms with E-state index in [1.54, 1.807) is 11.3 Å². The lowest BCUT2D eigenvalue weighted by atomic mass is 10.1. The van der Waals surface area contributed by atoms with Crippen LogP contribution in [0, 0.1) is 6.92 Å². The minimum Gasteiger partial charge on any atom is -0.303 e. The molecule has 1 N–H and O–H groups in total. The second-order valence-corrected chi connectivity index (χ2v) is 6.87. The van der Waals surface area contributed by atoms with Crippen molar-refractivity contribution in [2.45, 2.75) is 32.6 Å². The van der Waals surface area contributed by atoms with E-state index in [4.69, 9.17) is 0 Å². The van der Waals surface area contributed by atoms with E-state index in [-0.39, 0.29) is 12.2 Å². The fourth-order valence-corrected chi connectivity index (χ4v) is 3.87. The molecule has 10 heteroatoms. The van der Waals surface area contributed by atoms with Gasteiger partial charge in [0.05, 0.1) is 22.6 Å². The largest absolute Gasteiger partial charge is 0.449 e. The Labute approximate surface area is 144 Å². The Balaban J connectivity index is 1.62. The molecule has 0 saturated heterocycles. The van der Waals surface area contributed by atoms with Crippen molar-refractivity contribution >= 4 is 16.3 Å². The number of alkyl halides is 3. The summed E-state index contributed by atoms with van der Waals surface area (Å²) in [6, 6.07) is 0. The summed E-state index contributed by atoms with van der Waals surface area (Å²) in [7, 11) is 0. The third kappa shape index (κ3) is 2.85. The van der Waals surface area contributed by atoms with Gasteiger partial charge in [0.1, 0.15) is 0 Å². The van der Waals surface area contributed by atoms with Crippen molar-refractivity contribution in [1.82, 2.24) is 24.3 Å². The molecule has 0 aromatic carbocycles. The van der Waals surface area contributed by atoms with E-state index in [2.05, 4.69) is 9.97 Å². The van der Waals surface area contributed by atoms with E-state index in [0.717, 1.165) is 16.3 Å². The molecule has 132 valence electrons. The fourth-order valence-electron chi connectivity index (χ4n) is 3.09. The monoisotopic (exact) mass is 369 g/mol. The van der Waals surface area contributed by atoms with Crippen molar-refractivity contribution < 1.29 is 13.2 Å². The Hall–Kier alpha value is -2.20. The Morgan fingerprint density at radius 2 is 2.16 bits per heavy atom. The summed E-state index contributed by atoms with van der Waals surface area (Å²) < 4.78 is 40.3. The maximum absolute atomic E-state index is 12.8. The molecule has 0 atom stereocenters. The molecule has 0 unspecified atom stereocenters. The van der Waals surface area contributed by atoms with E-state index in [1.165, 1.54) is 0 Å². The smallest absolute Gasteiger partial charge is 0.303 e. The van der Waals surface area contributed by atoms with Gasteiger partial charge in [-0.25, -0.2) is 9.97 Å². The quantitative estimate of drug-likeness (QED) is 0.753. The summed E-state index contributed by atoms with van der Waals surface area (Å²) in [5.41, 5.74) is 1.77. The van der Waals surface area contributed by atoms with Crippen LogP contribution >= 0.6 is 11.3 Å². The summed E-state index contributed by atoms with van der Waals surface area (Å²) in [4.78, 5) is 25.0. The third-order valence-electron chi connectivity index (χ3n) is 4.35. The Morgan fingerprint density at radius 3 is 2.92 bits per heavy atom. The summed E-state index contributed by atoms with van der Waals surface area (Å²) in [5, 5.41) is 1.95. The molecule has 1 aliphatic rings. The molecular weight excluding hydrogens is 355 g/mol. The molecule has 0 radical (unpaired) electrons. The normalized spacial score (nSPS) is 15.7. The molecule has 0 spiro atoms. The van der Waals surface area contributed by atoms with Crippen LogP contribution in [0.25, 0.3) is 4.96 Å². The van der Waals surface area contributed by atoms with Gasteiger partial charge in [0, 0.05) is 37.6 Å². The fraction of sp³-hybridized carbons (Fsp3) is 0.400. The molecule has 4 heterocycles. The van der Waals surface area contributed by atoms with E-state index in [0.29, 0.717) is 25.1 Å². The molecule has 0 aliphatic carbocycles. The number of fused-ring (bicyclic) bond motifs is 2. The zero-order valence-electron chi connectivity index (χ0n) is 13.2. The van der Waals surface area contributed by atoms with Crippen LogP contribution in [0.5, 0.6) is 0 Å². The summed E-state index contributed by atoms with van der Waals surface area (Å²) in [5.74, 6) is -1.23. The molecule has 4 rings (SSSR count). The highest BCUT2D eigenvalue weighted by Crippen LogP contribution is 2.27. The predicted octanol–water partition coefficient (Wildman–Crippen LogP) is 2.36. The average Bonchev–Trinajstić information content (AvgIpc) is 3.09. The Bertz CT molecular complexity index is 1000. The second-order valence-electron chi connectivity index (χ2n) is 6.00. The number of nitrogens with zero attached hydrogens (tertiary/aromatic N) is 4. The van der Waals surface area contributed by atoms with Gasteiger partial charge in [0.25, 0.3) is 5.56 Å². The van der Waals surface area contributed by atoms with E-state index in [1.807, 2.05) is 32.8 Å². The molecule has 0 fully saturated rings. The molecule has 6 nitrogen and oxygen atoms in total. The van der Waals surface area contributed by atoms with E-state index in [9.17, 15) is 18.0 Å². The van der Waals surface area contributed by atoms with Crippen molar-refractivity contribution in [3.63, 3.8) is 0 Å². The molecule has 0 saturated carbocycles. The van der Waals surface area contributed by atoms with Gasteiger partial charge < -0.3 is 4.98 Å². The van der Waals surface area contributed by atoms with Gasteiger partial charge in [-0.1, -0.05) is 0 Å². The van der Waals surface area contributed by atoms with Crippen LogP contribution in [0.2, 0.25) is 0 Å². The first-order valence-electron chi connectivity index (χ1n) is 7.65. The molecule has 3 aromatic heterocycles. The highest BCUT2D eigenvalue weighted by atomic mass is 32.1. The summed E-state index contributed by atoms with van der Waals surface area (Å²) in [6.07, 6.45) is -2.39. The summed E-state index contributed by atoms with van der Waals surface area (Å²) >= 11 is 1.54. The SMILES string of the molecule is Cc1nc2sccn2c1CN1CCc2nc(C(F)(F)F)[nH]c(=O)c2C1. The lowest BCUT2D eigenvalue weighted by Crippen LogP contribution is -2.37. The topological polar surface area (TPSA) is 66.3 Å². The number of nitrogens with one attached hydrogen (secondary N) is 1. The highest BCUT2D eigenvalue weighted by Gasteiger charge is 2.36. The van der Waals surface area contributed by atoms with Gasteiger partial charge in [-0.2, -0.15) is 13.2 Å². The van der Waals surface area contributed by atoms with Crippen molar-refractivity contribution in [3.8, 4) is 0 Å². The number of rotatable bonds is 2. The van der Waals surface area contributed by atoms with Gasteiger partial charge in [-0.05, 0) is 6.92 Å². The molecule has 0 bridgehead atoms. The average molecular weight is 369 g/mol. The van der Waals surface area contributed by atoms with Gasteiger partial charge in [0.2, 0.25) is 5.82 Å². The lowest BCUT2D eigenvalue weighted by molar-refractivity contribution is -0.145. The number of hydrogen-bond donors (Lipinski definition) is 1. The van der Waals surface area contributed by atoms with Crippen LogP contribution in [0.3, 0.4) is 0 Å². The van der Waals surface area contributed by atoms with Crippen LogP contribution in [0.15, 0.2) is 16.4 Å². The first-order valence-corrected chi connectivity index (χ1v) is 8.53. The third-order valence-corrected chi connectivity index (χ3v) is 5.11. The van der Waals surface area contributed by atoms with Crippen LogP contribution in [0.4, 0.5) is 13.2 Å². The van der Waals surface area contributed by atoms with Crippen LogP contribution in [-0.2, 0) is 25.7 Å². The van der Waals surface area contributed by atoms with Crippen LogP contribution < -0.4 is 5.56 Å². The van der Waals surface area contributed by atoms with Crippen LogP contribution in [0.1, 0.15) is 28.5 Å². The number of imidazole rings is 1. The number of aromatic amines is 1. The van der Waals surface area contributed by atoms with Gasteiger partial charge >= 0.3 is 6.18 Å². The molecule has 0 amide bonds. The van der Waals surface area contributed by atoms with Gasteiger partial charge in [-0.15, -0.1) is 11.3 Å². The van der Waals surface area contributed by atoms with E-state index >= 15 is 0 Å². The maximum atomic E-state index is 12.8. The van der Waals surface area contributed by atoms with Crippen molar-refractivity contribution in [2.24, 2.45) is 0 Å². The van der Waals surface area contributed by atoms with Gasteiger partial charge in [0.15, 0.2) is 4.96 Å². The molecule has 25 heavy (non-hydrogen) atoms. The maximum Gasteiger partial charge on any atom is 0.449 e. The lowest BCUT2D eigenvalue weighted by Gasteiger charge is -2.27. The Morgan fingerprint density at radius 1 is 1.36 bits per heavy atom. The number of aryl methyl sites for hydroxylation is 1. The van der Waals surface area contributed by atoms with E-state index < -0.39 is 17.6 Å². The Kier molecular flexibility index (Phi) is 3.69. The zero-order chi connectivity index (χ0) is 17.8. The molecule has 1 aliphatic heterocycles. The minimum atomic E-state index is -4.65. The highest BCUT2D eigenvalue weighted by molar-refractivity contribution is 7.15. The summed E-state index contributed by atoms with van der Waals surface area (Å²) in [6.45, 7) is 3.31. The zero-order valence-corrected chi connectivity index (χ0v) is 14.0. The van der Waals surface area contributed by atoms with Crippen molar-refractivity contribution in [1.29, 1.82) is 0 Å². The second kappa shape index (κ2) is 5.67. The predicted molar refractivity (Wildman–Crippen MR) is 85.5 cm³/mol. The first kappa shape index (κ1) is 16.3. The van der Waals surface area contributed by atoms with Gasteiger partial charge in [-0.3, -0.25) is 14.1 Å². The van der Waals surface area contributed by atoms with Crippen LogP contribution in [-0.4, -0.2) is 30.8 Å². The van der Waals surface area contributed by atoms with Crippen molar-refractivity contribution in [3.05, 3.63) is 50.4 Å². The number of hydrogen-bond acceptors (Lipinski definition) is 5. The first-order chi connectivity index (χ1) is 11.8. The number of H-pyrrole nitrogens is 1. The minimum absolute atomic E-state index is 0.234. The number of thiazole rings is 1. The molecular formula is C15H14F3N5OS.